The van der Waals surface area contributed by atoms with E-state index >= 15 is 0 Å². The van der Waals surface area contributed by atoms with Crippen LogP contribution >= 0.6 is 15.9 Å². The molecule has 6 nitrogen and oxygen atoms in total. The maximum absolute atomic E-state index is 12.8. The van der Waals surface area contributed by atoms with Gasteiger partial charge in [0.15, 0.2) is 0 Å². The van der Waals surface area contributed by atoms with Crippen molar-refractivity contribution in [2.24, 2.45) is 5.41 Å². The number of amides is 3. The van der Waals surface area contributed by atoms with Crippen LogP contribution in [0.5, 0.6) is 0 Å². The molecule has 0 spiro atoms. The van der Waals surface area contributed by atoms with Gasteiger partial charge in [0.1, 0.15) is 6.04 Å². The molecule has 2 saturated heterocycles. The largest absolute Gasteiger partial charge is 0.283 e. The summed E-state index contributed by atoms with van der Waals surface area (Å²) in [6, 6.07) is 4.89. The number of nitrogens with zero attached hydrogens (tertiary/aromatic N) is 3. The number of carbonyl (C=O) groups is 3. The molecule has 0 bridgehead atoms. The van der Waals surface area contributed by atoms with E-state index in [1.54, 1.807) is 0 Å². The molecule has 3 aliphatic heterocycles. The van der Waals surface area contributed by atoms with Crippen molar-refractivity contribution in [2.45, 2.75) is 25.8 Å². The number of hydrogen-bond acceptors (Lipinski definition) is 4. The van der Waals surface area contributed by atoms with E-state index in [1.807, 2.05) is 37.1 Å². The highest BCUT2D eigenvalue weighted by Gasteiger charge is 2.61. The molecule has 23 heavy (non-hydrogen) atoms. The Kier molecular flexibility index (Phi) is 2.77. The summed E-state index contributed by atoms with van der Waals surface area (Å²) in [5.41, 5.74) is 1.03. The van der Waals surface area contributed by atoms with Crippen molar-refractivity contribution in [1.82, 2.24) is 9.91 Å². The third-order valence-corrected chi connectivity index (χ3v) is 5.45. The summed E-state index contributed by atoms with van der Waals surface area (Å²) in [6.07, 6.45) is 0. The predicted molar refractivity (Wildman–Crippen MR) is 86.4 cm³/mol. The zero-order valence-corrected chi connectivity index (χ0v) is 14.6. The maximum atomic E-state index is 12.8. The van der Waals surface area contributed by atoms with Gasteiger partial charge in [-0.3, -0.25) is 24.3 Å². The molecule has 3 amide bonds. The average Bonchev–Trinajstić information content (AvgIpc) is 2.86. The van der Waals surface area contributed by atoms with Gasteiger partial charge in [-0.2, -0.15) is 0 Å². The SMILES string of the molecule is CN1C(=O)C2c3cc(Br)ccc3N3CC(C)(C)C(=O)N3C2C1=O. The lowest BCUT2D eigenvalue weighted by Gasteiger charge is -2.41. The Morgan fingerprint density at radius 1 is 1.17 bits per heavy atom. The molecular formula is C16H16BrN3O3. The Hall–Kier alpha value is -1.89. The number of likely N-dealkylation sites (tertiary alicyclic amines) is 1. The number of fused-ring (bicyclic) bond motifs is 6. The van der Waals surface area contributed by atoms with E-state index in [0.29, 0.717) is 6.54 Å². The lowest BCUT2D eigenvalue weighted by molar-refractivity contribution is -0.144. The Morgan fingerprint density at radius 3 is 2.57 bits per heavy atom. The van der Waals surface area contributed by atoms with Gasteiger partial charge >= 0.3 is 0 Å². The molecule has 1 aromatic rings. The molecule has 7 heteroatoms. The summed E-state index contributed by atoms with van der Waals surface area (Å²) in [6.45, 7) is 4.23. The fourth-order valence-electron chi connectivity index (χ4n) is 3.77. The molecule has 0 aliphatic carbocycles. The number of hydrogen-bond donors (Lipinski definition) is 0. The van der Waals surface area contributed by atoms with Crippen LogP contribution in [0.15, 0.2) is 22.7 Å². The van der Waals surface area contributed by atoms with Crippen molar-refractivity contribution in [3.8, 4) is 0 Å². The molecule has 2 unspecified atom stereocenters. The third kappa shape index (κ3) is 1.71. The van der Waals surface area contributed by atoms with Crippen molar-refractivity contribution in [1.29, 1.82) is 0 Å². The summed E-state index contributed by atoms with van der Waals surface area (Å²) in [4.78, 5) is 39.2. The monoisotopic (exact) mass is 377 g/mol. The molecular weight excluding hydrogens is 362 g/mol. The van der Waals surface area contributed by atoms with Crippen molar-refractivity contribution >= 4 is 39.3 Å². The van der Waals surface area contributed by atoms with Crippen LogP contribution in [0.2, 0.25) is 0 Å². The van der Waals surface area contributed by atoms with E-state index < -0.39 is 17.4 Å². The van der Waals surface area contributed by atoms with Crippen LogP contribution < -0.4 is 5.01 Å². The topological polar surface area (TPSA) is 60.9 Å². The van der Waals surface area contributed by atoms with Gasteiger partial charge in [-0.25, -0.2) is 5.01 Å². The van der Waals surface area contributed by atoms with E-state index in [0.717, 1.165) is 20.6 Å². The van der Waals surface area contributed by atoms with Crippen molar-refractivity contribution in [3.63, 3.8) is 0 Å². The van der Waals surface area contributed by atoms with Gasteiger partial charge in [-0.1, -0.05) is 15.9 Å². The van der Waals surface area contributed by atoms with Crippen LogP contribution in [0.3, 0.4) is 0 Å². The second-order valence-corrected chi connectivity index (χ2v) is 7.87. The normalized spacial score (nSPS) is 28.2. The first-order valence-corrected chi connectivity index (χ1v) is 8.25. The highest BCUT2D eigenvalue weighted by atomic mass is 79.9. The number of rotatable bonds is 0. The molecule has 0 aromatic heterocycles. The predicted octanol–water partition coefficient (Wildman–Crippen LogP) is 1.50. The van der Waals surface area contributed by atoms with E-state index in [9.17, 15) is 14.4 Å². The summed E-state index contributed by atoms with van der Waals surface area (Å²) in [7, 11) is 1.48. The summed E-state index contributed by atoms with van der Waals surface area (Å²) in [5, 5.41) is 3.36. The fourth-order valence-corrected chi connectivity index (χ4v) is 4.15. The number of benzene rings is 1. The molecule has 120 valence electrons. The minimum Gasteiger partial charge on any atom is -0.283 e. The average molecular weight is 378 g/mol. The zero-order valence-electron chi connectivity index (χ0n) is 13.0. The van der Waals surface area contributed by atoms with Gasteiger partial charge in [0.05, 0.1) is 23.6 Å². The first-order valence-electron chi connectivity index (χ1n) is 7.46. The second-order valence-electron chi connectivity index (χ2n) is 6.95. The fraction of sp³-hybridized carbons (Fsp3) is 0.438. The van der Waals surface area contributed by atoms with Crippen LogP contribution in [0, 0.1) is 5.41 Å². The van der Waals surface area contributed by atoms with Crippen molar-refractivity contribution in [2.75, 3.05) is 18.6 Å². The first kappa shape index (κ1) is 14.7. The van der Waals surface area contributed by atoms with E-state index in [-0.39, 0.29) is 17.7 Å². The zero-order chi connectivity index (χ0) is 16.7. The van der Waals surface area contributed by atoms with E-state index in [4.69, 9.17) is 0 Å². The van der Waals surface area contributed by atoms with Crippen LogP contribution in [0.1, 0.15) is 25.3 Å². The summed E-state index contributed by atoms with van der Waals surface area (Å²) < 4.78 is 0.850. The Morgan fingerprint density at radius 2 is 1.87 bits per heavy atom. The van der Waals surface area contributed by atoms with E-state index in [2.05, 4.69) is 15.9 Å². The van der Waals surface area contributed by atoms with Crippen LogP contribution in [-0.2, 0) is 14.4 Å². The highest BCUT2D eigenvalue weighted by Crippen LogP contribution is 2.49. The highest BCUT2D eigenvalue weighted by molar-refractivity contribution is 9.10. The van der Waals surface area contributed by atoms with Gasteiger partial charge in [0.2, 0.25) is 11.8 Å². The maximum Gasteiger partial charge on any atom is 0.255 e. The Labute approximate surface area is 142 Å². The third-order valence-electron chi connectivity index (χ3n) is 4.95. The molecule has 2 atom stereocenters. The van der Waals surface area contributed by atoms with Crippen molar-refractivity contribution in [3.05, 3.63) is 28.2 Å². The Balaban J connectivity index is 1.98. The van der Waals surface area contributed by atoms with Crippen LogP contribution in [0.25, 0.3) is 0 Å². The summed E-state index contributed by atoms with van der Waals surface area (Å²) in [5.74, 6) is -1.31. The summed E-state index contributed by atoms with van der Waals surface area (Å²) >= 11 is 3.44. The van der Waals surface area contributed by atoms with Gasteiger partial charge < -0.3 is 0 Å². The van der Waals surface area contributed by atoms with Gasteiger partial charge in [-0.05, 0) is 37.6 Å². The van der Waals surface area contributed by atoms with Gasteiger partial charge in [0.25, 0.3) is 5.91 Å². The first-order chi connectivity index (χ1) is 10.7. The number of anilines is 1. The second kappa shape index (κ2) is 4.35. The lowest BCUT2D eigenvalue weighted by Crippen LogP contribution is -2.54. The minimum absolute atomic E-state index is 0.113. The van der Waals surface area contributed by atoms with E-state index in [1.165, 1.54) is 12.1 Å². The number of halogens is 1. The van der Waals surface area contributed by atoms with Gasteiger partial charge in [0, 0.05) is 11.5 Å². The lowest BCUT2D eigenvalue weighted by atomic mass is 9.89. The Bertz CT molecular complexity index is 776. The standard InChI is InChI=1S/C16H16BrN3O3/c1-16(2)7-19-10-5-4-8(17)6-9(10)11-12(20(19)15(16)23)14(22)18(3)13(11)21/h4-6,11-12H,7H2,1-3H3. The molecule has 0 saturated carbocycles. The number of carbonyl (C=O) groups excluding carboxylic acids is 3. The molecule has 0 N–H and O–H groups in total. The number of imide groups is 1. The van der Waals surface area contributed by atoms with Crippen molar-refractivity contribution < 1.29 is 14.4 Å². The van der Waals surface area contributed by atoms with Gasteiger partial charge in [-0.15, -0.1) is 0 Å². The minimum atomic E-state index is -0.774. The molecule has 3 aliphatic rings. The number of hydrazine groups is 1. The molecule has 0 radical (unpaired) electrons. The molecule has 1 aromatic carbocycles. The smallest absolute Gasteiger partial charge is 0.255 e. The molecule has 3 heterocycles. The number of likely N-dealkylation sites (N-methyl/N-ethyl adjacent to an activating group) is 1. The van der Waals surface area contributed by atoms with Crippen LogP contribution in [-0.4, -0.2) is 47.3 Å². The molecule has 2 fully saturated rings. The molecule has 4 rings (SSSR count). The van der Waals surface area contributed by atoms with Crippen LogP contribution in [0.4, 0.5) is 5.69 Å². The quantitative estimate of drug-likeness (QED) is 0.642.